The Bertz CT molecular complexity index is 580. The molecule has 0 radical (unpaired) electrons. The summed E-state index contributed by atoms with van der Waals surface area (Å²) in [5.41, 5.74) is 0.771. The van der Waals surface area contributed by atoms with Crippen LogP contribution in [0.25, 0.3) is 0 Å². The van der Waals surface area contributed by atoms with E-state index in [0.717, 1.165) is 0 Å². The second-order valence-corrected chi connectivity index (χ2v) is 3.81. The topological polar surface area (TPSA) is 97.1 Å². The minimum absolute atomic E-state index is 0.133. The molecule has 1 aromatic carbocycles. The van der Waals surface area contributed by atoms with Gasteiger partial charge in [-0.3, -0.25) is 14.9 Å². The molecule has 0 bridgehead atoms. The van der Waals surface area contributed by atoms with E-state index in [0.29, 0.717) is 11.3 Å². The minimum atomic E-state index is -0.497. The number of nitrogens with one attached hydrogen (secondary N) is 1. The normalized spacial score (nSPS) is 10.2. The molecule has 2 aromatic rings. The number of aromatic nitrogens is 3. The van der Waals surface area contributed by atoms with E-state index < -0.39 is 11.8 Å². The van der Waals surface area contributed by atoms with Crippen LogP contribution in [0.5, 0.6) is 0 Å². The molecule has 0 aliphatic carbocycles. The van der Waals surface area contributed by atoms with Crippen LogP contribution in [0.15, 0.2) is 36.5 Å². The van der Waals surface area contributed by atoms with Crippen LogP contribution in [0.4, 0.5) is 0 Å². The van der Waals surface area contributed by atoms with Crippen molar-refractivity contribution in [3.8, 4) is 0 Å². The summed E-state index contributed by atoms with van der Waals surface area (Å²) in [4.78, 5) is 23.3. The first-order chi connectivity index (χ1) is 9.19. The van der Waals surface area contributed by atoms with Crippen molar-refractivity contribution in [1.29, 1.82) is 0 Å². The summed E-state index contributed by atoms with van der Waals surface area (Å²) in [7, 11) is 0. The summed E-state index contributed by atoms with van der Waals surface area (Å²) in [6.07, 6.45) is 1.44. The smallest absolute Gasteiger partial charge is 0.257 e. The first-order valence-electron chi connectivity index (χ1n) is 5.58. The molecule has 7 nitrogen and oxygen atoms in total. The summed E-state index contributed by atoms with van der Waals surface area (Å²) in [6.45, 7) is -0.379. The quantitative estimate of drug-likeness (QED) is 0.788. The third-order valence-electron chi connectivity index (χ3n) is 2.34. The number of benzene rings is 1. The fourth-order valence-corrected chi connectivity index (χ4v) is 1.46. The Balaban J connectivity index is 1.93. The van der Waals surface area contributed by atoms with Gasteiger partial charge in [0.2, 0.25) is 5.91 Å². The van der Waals surface area contributed by atoms with Crippen LogP contribution in [0.2, 0.25) is 0 Å². The standard InChI is InChI=1S/C12H12N4O3/c17-8-10-6-16(15-14-10)7-11(18)13-12(19)9-4-2-1-3-5-9/h1-6,17H,7-8H2,(H,13,18,19). The number of rotatable bonds is 4. The third kappa shape index (κ3) is 3.46. The Hall–Kier alpha value is -2.54. The highest BCUT2D eigenvalue weighted by Gasteiger charge is 2.11. The molecule has 2 rings (SSSR count). The van der Waals surface area contributed by atoms with Gasteiger partial charge in [0.25, 0.3) is 5.91 Å². The van der Waals surface area contributed by atoms with Crippen molar-refractivity contribution >= 4 is 11.8 Å². The fourth-order valence-electron chi connectivity index (χ4n) is 1.46. The predicted molar refractivity (Wildman–Crippen MR) is 64.9 cm³/mol. The number of aliphatic hydroxyl groups is 1. The average molecular weight is 260 g/mol. The van der Waals surface area contributed by atoms with Gasteiger partial charge in [0, 0.05) is 5.56 Å². The molecule has 0 aliphatic heterocycles. The molecule has 1 aromatic heterocycles. The van der Waals surface area contributed by atoms with E-state index in [1.54, 1.807) is 30.3 Å². The van der Waals surface area contributed by atoms with Crippen molar-refractivity contribution in [1.82, 2.24) is 20.3 Å². The number of imide groups is 1. The van der Waals surface area contributed by atoms with E-state index in [9.17, 15) is 9.59 Å². The van der Waals surface area contributed by atoms with Crippen LogP contribution in [-0.2, 0) is 17.9 Å². The molecule has 1 heterocycles. The highest BCUT2D eigenvalue weighted by atomic mass is 16.3. The van der Waals surface area contributed by atoms with Gasteiger partial charge in [-0.05, 0) is 12.1 Å². The molecular formula is C12H12N4O3. The zero-order chi connectivity index (χ0) is 13.7. The lowest BCUT2D eigenvalue weighted by molar-refractivity contribution is -0.120. The average Bonchev–Trinajstić information content (AvgIpc) is 2.87. The molecule has 2 N–H and O–H groups in total. The molecular weight excluding hydrogens is 248 g/mol. The van der Waals surface area contributed by atoms with Gasteiger partial charge in [0.1, 0.15) is 12.2 Å². The molecule has 0 saturated carbocycles. The summed E-state index contributed by atoms with van der Waals surface area (Å²) in [5.74, 6) is -0.962. The van der Waals surface area contributed by atoms with Crippen molar-refractivity contribution < 1.29 is 14.7 Å². The number of carbonyl (C=O) groups is 2. The molecule has 0 saturated heterocycles. The summed E-state index contributed by atoms with van der Waals surface area (Å²) >= 11 is 0. The van der Waals surface area contributed by atoms with Crippen LogP contribution in [-0.4, -0.2) is 31.9 Å². The highest BCUT2D eigenvalue weighted by Crippen LogP contribution is 1.98. The number of amides is 2. The molecule has 0 fully saturated rings. The van der Waals surface area contributed by atoms with Gasteiger partial charge in [0.15, 0.2) is 0 Å². The molecule has 7 heteroatoms. The monoisotopic (exact) mass is 260 g/mol. The summed E-state index contributed by atoms with van der Waals surface area (Å²) < 4.78 is 1.25. The molecule has 2 amide bonds. The number of hydrogen-bond donors (Lipinski definition) is 2. The Morgan fingerprint density at radius 1 is 1.26 bits per heavy atom. The Morgan fingerprint density at radius 3 is 2.63 bits per heavy atom. The van der Waals surface area contributed by atoms with Gasteiger partial charge in [-0.25, -0.2) is 4.68 Å². The second-order valence-electron chi connectivity index (χ2n) is 3.81. The van der Waals surface area contributed by atoms with E-state index in [1.165, 1.54) is 10.9 Å². The lowest BCUT2D eigenvalue weighted by Crippen LogP contribution is -2.33. The lowest BCUT2D eigenvalue weighted by Gasteiger charge is -2.03. The van der Waals surface area contributed by atoms with Crippen molar-refractivity contribution in [3.05, 3.63) is 47.8 Å². The van der Waals surface area contributed by atoms with E-state index in [4.69, 9.17) is 5.11 Å². The fraction of sp³-hybridized carbons (Fsp3) is 0.167. The molecule has 0 aliphatic rings. The molecule has 19 heavy (non-hydrogen) atoms. The van der Waals surface area contributed by atoms with E-state index in [1.807, 2.05) is 0 Å². The Morgan fingerprint density at radius 2 is 2.00 bits per heavy atom. The SMILES string of the molecule is O=C(Cn1cc(CO)nn1)NC(=O)c1ccccc1. The van der Waals surface area contributed by atoms with Gasteiger partial charge in [-0.15, -0.1) is 5.10 Å². The third-order valence-corrected chi connectivity index (χ3v) is 2.34. The predicted octanol–water partition coefficient (Wildman–Crippen LogP) is -0.273. The van der Waals surface area contributed by atoms with Crippen molar-refractivity contribution in [3.63, 3.8) is 0 Å². The molecule has 0 spiro atoms. The van der Waals surface area contributed by atoms with Gasteiger partial charge in [-0.2, -0.15) is 0 Å². The molecule has 0 atom stereocenters. The maximum atomic E-state index is 11.7. The Labute approximate surface area is 108 Å². The summed E-state index contributed by atoms with van der Waals surface area (Å²) in [5, 5.41) is 18.3. The summed E-state index contributed by atoms with van der Waals surface area (Å²) in [6, 6.07) is 8.43. The van der Waals surface area contributed by atoms with Crippen molar-refractivity contribution in [2.24, 2.45) is 0 Å². The minimum Gasteiger partial charge on any atom is -0.390 e. The lowest BCUT2D eigenvalue weighted by atomic mass is 10.2. The zero-order valence-electron chi connectivity index (χ0n) is 9.98. The largest absolute Gasteiger partial charge is 0.390 e. The Kier molecular flexibility index (Phi) is 3.99. The number of aliphatic hydroxyl groups excluding tert-OH is 1. The van der Waals surface area contributed by atoms with E-state index in [2.05, 4.69) is 15.6 Å². The van der Waals surface area contributed by atoms with E-state index >= 15 is 0 Å². The second kappa shape index (κ2) is 5.87. The van der Waals surface area contributed by atoms with Crippen LogP contribution < -0.4 is 5.32 Å². The number of hydrogen-bond acceptors (Lipinski definition) is 5. The van der Waals surface area contributed by atoms with Crippen LogP contribution in [0.1, 0.15) is 16.1 Å². The number of carbonyl (C=O) groups excluding carboxylic acids is 2. The van der Waals surface area contributed by atoms with Crippen LogP contribution in [0.3, 0.4) is 0 Å². The first-order valence-corrected chi connectivity index (χ1v) is 5.58. The van der Waals surface area contributed by atoms with Crippen molar-refractivity contribution in [2.45, 2.75) is 13.2 Å². The van der Waals surface area contributed by atoms with Gasteiger partial charge >= 0.3 is 0 Å². The van der Waals surface area contributed by atoms with Gasteiger partial charge < -0.3 is 5.11 Å². The maximum Gasteiger partial charge on any atom is 0.257 e. The first kappa shape index (κ1) is 12.9. The highest BCUT2D eigenvalue weighted by molar-refractivity contribution is 6.04. The maximum absolute atomic E-state index is 11.7. The zero-order valence-corrected chi connectivity index (χ0v) is 9.98. The van der Waals surface area contributed by atoms with Crippen LogP contribution >= 0.6 is 0 Å². The van der Waals surface area contributed by atoms with Crippen molar-refractivity contribution in [2.75, 3.05) is 0 Å². The number of nitrogens with zero attached hydrogens (tertiary/aromatic N) is 3. The van der Waals surface area contributed by atoms with E-state index in [-0.39, 0.29) is 13.2 Å². The molecule has 0 unspecified atom stereocenters. The van der Waals surface area contributed by atoms with Gasteiger partial charge in [0.05, 0.1) is 12.8 Å². The van der Waals surface area contributed by atoms with Gasteiger partial charge in [-0.1, -0.05) is 23.4 Å². The molecule has 98 valence electrons. The van der Waals surface area contributed by atoms with Crippen LogP contribution in [0, 0.1) is 0 Å².